The summed E-state index contributed by atoms with van der Waals surface area (Å²) in [5, 5.41) is 18.1. The molecule has 9 atom stereocenters. The van der Waals surface area contributed by atoms with Gasteiger partial charge in [0, 0.05) is 107 Å². The fourth-order valence-corrected chi connectivity index (χ4v) is 19.9. The Morgan fingerprint density at radius 2 is 0.770 bits per heavy atom. The number of nitrogens with zero attached hydrogens (tertiary/aromatic N) is 15. The van der Waals surface area contributed by atoms with Gasteiger partial charge in [0.1, 0.15) is 17.4 Å². The van der Waals surface area contributed by atoms with E-state index in [-0.39, 0.29) is 116 Å². The minimum atomic E-state index is -0.614. The third kappa shape index (κ3) is 17.9. The Labute approximate surface area is 689 Å². The Morgan fingerprint density at radius 1 is 0.442 bits per heavy atom. The molecule has 0 N–H and O–H groups in total. The average molecular weight is 1720 g/mol. The minimum absolute atomic E-state index is 0. The number of allylic oxidation sites excluding steroid dienone is 1. The van der Waals surface area contributed by atoms with Gasteiger partial charge in [-0.25, -0.2) is 54.6 Å². The van der Waals surface area contributed by atoms with Crippen molar-refractivity contribution in [2.24, 2.45) is 82.8 Å². The second-order valence-corrected chi connectivity index (χ2v) is 43.6. The number of carbonyl (C=O) groups excluding carboxylic acids is 3. The van der Waals surface area contributed by atoms with Crippen LogP contribution in [-0.4, -0.2) is 96.9 Å². The van der Waals surface area contributed by atoms with E-state index in [1.807, 2.05) is 44.1 Å². The van der Waals surface area contributed by atoms with Crippen molar-refractivity contribution >= 4 is 28.8 Å². The summed E-state index contributed by atoms with van der Waals surface area (Å²) in [6.07, 6.45) is 32.5. The zero-order valence-corrected chi connectivity index (χ0v) is 76.1. The molecule has 7 aromatic heterocycles. The summed E-state index contributed by atoms with van der Waals surface area (Å²) in [4.78, 5) is 86.3. The van der Waals surface area contributed by atoms with Gasteiger partial charge in [0.05, 0.1) is 19.6 Å². The molecular weight excluding hydrogens is 1590 g/mol. The molecule has 8 heterocycles. The summed E-state index contributed by atoms with van der Waals surface area (Å²) in [5.41, 5.74) is 18.9. The molecule has 612 valence electrons. The maximum Gasteiger partial charge on any atom is 2.00 e. The van der Waals surface area contributed by atoms with Gasteiger partial charge in [-0.2, -0.15) is 0 Å². The number of hydrogen-bond acceptors (Lipinski definition) is 17. The number of aromatic nitrogens is 14. The van der Waals surface area contributed by atoms with E-state index in [1.54, 1.807) is 24.8 Å². The first-order valence-electron chi connectivity index (χ1n) is 41.3. The second kappa shape index (κ2) is 31.6. The van der Waals surface area contributed by atoms with Crippen LogP contribution in [0.4, 0.5) is 0 Å². The summed E-state index contributed by atoms with van der Waals surface area (Å²) in [5.74, 6) is 3.03. The Bertz CT molecular complexity index is 4510. The number of hydrogen-bond donors (Lipinski definition) is 0. The van der Waals surface area contributed by atoms with Gasteiger partial charge in [-0.3, -0.25) is 14.6 Å². The van der Waals surface area contributed by atoms with E-state index in [0.29, 0.717) is 23.2 Å². The molecule has 0 aromatic carbocycles. The molecular formula is C93H131N15O4Pt. The molecule has 5 saturated carbocycles. The van der Waals surface area contributed by atoms with E-state index in [4.69, 9.17) is 15.0 Å². The van der Waals surface area contributed by atoms with Gasteiger partial charge in [0.15, 0.2) is 11.6 Å². The van der Waals surface area contributed by atoms with Crippen molar-refractivity contribution in [1.82, 2.24) is 70.2 Å². The average Bonchev–Trinajstić information content (AvgIpc) is 1.54. The topological polar surface area (TPSA) is 256 Å². The first-order chi connectivity index (χ1) is 51.7. The molecule has 5 fully saturated rings. The van der Waals surface area contributed by atoms with Gasteiger partial charge in [-0.1, -0.05) is 205 Å². The van der Waals surface area contributed by atoms with Crippen LogP contribution in [0, 0.1) is 77.8 Å². The van der Waals surface area contributed by atoms with Crippen molar-refractivity contribution in [3.63, 3.8) is 0 Å². The number of fused-ring (bicyclic) bond motifs is 15. The first-order valence-corrected chi connectivity index (χ1v) is 41.3. The molecule has 15 rings (SSSR count). The quantitative estimate of drug-likeness (QED) is 0.0662. The van der Waals surface area contributed by atoms with E-state index in [9.17, 15) is 14.4 Å². The molecule has 8 aliphatic rings. The van der Waals surface area contributed by atoms with Crippen LogP contribution in [0.15, 0.2) is 72.5 Å². The number of Topliss-reactive ketones (excluding diaryl/α,β-unsaturated/α-hetero) is 2. The summed E-state index contributed by atoms with van der Waals surface area (Å²) >= 11 is 0. The number of rotatable bonds is 11. The molecule has 1 aliphatic heterocycles. The van der Waals surface area contributed by atoms with Crippen LogP contribution in [0.25, 0.3) is 28.6 Å². The van der Waals surface area contributed by atoms with Crippen LogP contribution in [0.5, 0.6) is 0 Å². The Morgan fingerprint density at radius 3 is 1.12 bits per heavy atom. The monoisotopic (exact) mass is 1720 g/mol. The normalized spacial score (nSPS) is 25.2. The minimum Gasteiger partial charge on any atom is -0.572 e. The SMILES string of the molecule is CC(C)(C)Cc1cnc(-c2[n-]nc3c2C2CCC3(C)C2(C)C)nc1.CC(C)(C)Cc1cnc(-c2[n-]nc3c2C2CCC3(C)C2(C)C)nc1.CC(C)(C)Cc1cnc(C2=C3C(=NC2)C2(C)CCC3C2(C)C)nc1.CC1CCC(C(C)(C)C)C(C(=O)c2ncc(CC(C)(C)C)cn2)C1=O.COC(=O)c1ncc(CC(C)(C)C)cn1.[Pt+2]. The Hall–Kier alpha value is -7.27. The van der Waals surface area contributed by atoms with Crippen molar-refractivity contribution in [2.75, 3.05) is 13.7 Å². The standard InChI is InChI=1S/C21H29N3.C21H32N2O2.2C20H27N4.C11H16N2O2.Pt/c1-19(2,3)9-13-10-23-18(24-11-13)14-12-22-17-16(14)15-7-8-21(17,6)20(15,4)5;1-13-8-9-15(21(5,6)7)16(17(13)24)18(25)19-22-11-14(12-23-19)10-20(2,3)4;2*1-18(2,3)9-12-10-21-17(22-11-12)15-14-13-7-8-20(6,19(13,4)5)16(14)24-23-15;1-11(2,3)5-8-6-12-9(13-7-8)10(14)15-4;/h10-11,15H,7-9,12H2,1-6H3;11-13,15-16H,8-10H2,1-7H3;2*10-11,13H,7-9H2,1-6H3;6-7H,5H2,1-4H3;/q;;2*-1;;+2. The van der Waals surface area contributed by atoms with Crippen molar-refractivity contribution in [2.45, 2.75) is 300 Å². The number of aliphatic imine (C=N–C) groups is 1. The van der Waals surface area contributed by atoms with E-state index in [1.165, 1.54) is 102 Å². The van der Waals surface area contributed by atoms with E-state index in [0.717, 1.165) is 91.5 Å². The largest absolute Gasteiger partial charge is 2.00 e. The summed E-state index contributed by atoms with van der Waals surface area (Å²) < 4.78 is 4.51. The predicted octanol–water partition coefficient (Wildman–Crippen LogP) is 19.6. The Balaban J connectivity index is 0.000000151. The van der Waals surface area contributed by atoms with E-state index in [2.05, 4.69) is 252 Å². The molecule has 19 nitrogen and oxygen atoms in total. The summed E-state index contributed by atoms with van der Waals surface area (Å²) in [7, 11) is 1.31. The fraction of sp³-hybridized carbons (Fsp3) is 0.656. The molecule has 0 radical (unpaired) electrons. The molecule has 113 heavy (non-hydrogen) atoms. The van der Waals surface area contributed by atoms with Crippen molar-refractivity contribution in [3.8, 4) is 23.0 Å². The van der Waals surface area contributed by atoms with Crippen LogP contribution < -0.4 is 10.2 Å². The maximum atomic E-state index is 13.1. The number of esters is 1. The fourth-order valence-electron chi connectivity index (χ4n) is 19.9. The van der Waals surface area contributed by atoms with Crippen LogP contribution in [0.1, 0.15) is 334 Å². The van der Waals surface area contributed by atoms with Gasteiger partial charge in [0.25, 0.3) is 0 Å². The zero-order valence-electron chi connectivity index (χ0n) is 73.8. The molecule has 0 amide bonds. The van der Waals surface area contributed by atoms with Crippen LogP contribution >= 0.6 is 0 Å². The molecule has 0 saturated heterocycles. The molecule has 7 aliphatic carbocycles. The molecule has 20 heteroatoms. The van der Waals surface area contributed by atoms with Gasteiger partial charge < -0.3 is 25.1 Å². The number of ketones is 2. The van der Waals surface area contributed by atoms with Crippen molar-refractivity contribution in [1.29, 1.82) is 0 Å². The summed E-state index contributed by atoms with van der Waals surface area (Å²) in [6.45, 7) is 63.5. The summed E-state index contributed by atoms with van der Waals surface area (Å²) in [6, 6.07) is 0. The van der Waals surface area contributed by atoms with Gasteiger partial charge in [-0.05, 0) is 200 Å². The third-order valence-electron chi connectivity index (χ3n) is 26.8. The predicted molar refractivity (Wildman–Crippen MR) is 445 cm³/mol. The third-order valence-corrected chi connectivity index (χ3v) is 26.8. The van der Waals surface area contributed by atoms with E-state index >= 15 is 0 Å². The van der Waals surface area contributed by atoms with Gasteiger partial charge >= 0.3 is 27.0 Å². The molecule has 6 bridgehead atoms. The van der Waals surface area contributed by atoms with Crippen LogP contribution in [0.2, 0.25) is 0 Å². The number of methoxy groups -OCH3 is 1. The van der Waals surface area contributed by atoms with Crippen LogP contribution in [-0.2, 0) is 73.5 Å². The second-order valence-electron chi connectivity index (χ2n) is 43.6. The number of carbonyl (C=O) groups is 3. The smallest absolute Gasteiger partial charge is 0.572 e. The van der Waals surface area contributed by atoms with Gasteiger partial charge in [0.2, 0.25) is 11.6 Å². The van der Waals surface area contributed by atoms with E-state index < -0.39 is 11.9 Å². The molecule has 7 aromatic rings. The first kappa shape index (κ1) is 88.1. The maximum absolute atomic E-state index is 13.1. The number of ether oxygens (including phenoxy) is 1. The van der Waals surface area contributed by atoms with Crippen molar-refractivity contribution < 1.29 is 40.2 Å². The van der Waals surface area contributed by atoms with Crippen LogP contribution in [0.3, 0.4) is 0 Å². The van der Waals surface area contributed by atoms with Crippen molar-refractivity contribution in [3.05, 3.63) is 135 Å². The zero-order chi connectivity index (χ0) is 82.5. The molecule has 9 unspecified atom stereocenters. The Kier molecular flexibility index (Phi) is 24.7. The van der Waals surface area contributed by atoms with Gasteiger partial charge in [-0.15, -0.1) is 0 Å². The molecule has 0 spiro atoms.